The fraction of sp³-hybridized carbons (Fsp3) is 0.562. The van der Waals surface area contributed by atoms with Crippen LogP contribution in [-0.4, -0.2) is 38.8 Å². The maximum atomic E-state index is 11.5. The number of hydrogen-bond acceptors (Lipinski definition) is 3. The number of ether oxygens (including phenoxy) is 1. The van der Waals surface area contributed by atoms with Gasteiger partial charge in [0.05, 0.1) is 13.2 Å². The molecule has 108 valence electrons. The highest BCUT2D eigenvalue weighted by Gasteiger charge is 2.28. The van der Waals surface area contributed by atoms with E-state index in [0.29, 0.717) is 5.92 Å². The van der Waals surface area contributed by atoms with Gasteiger partial charge in [0, 0.05) is 31.2 Å². The Kier molecular flexibility index (Phi) is 4.21. The van der Waals surface area contributed by atoms with Crippen molar-refractivity contribution in [3.05, 3.63) is 29.8 Å². The summed E-state index contributed by atoms with van der Waals surface area (Å²) in [5.41, 5.74) is 2.54. The highest BCUT2D eigenvalue weighted by molar-refractivity contribution is 5.80. The molecular formula is C16H22N2O2. The average molecular weight is 274 g/mol. The van der Waals surface area contributed by atoms with E-state index in [1.165, 1.54) is 11.3 Å². The molecule has 1 N–H and O–H groups in total. The largest absolute Gasteiger partial charge is 0.378 e. The van der Waals surface area contributed by atoms with Gasteiger partial charge in [-0.15, -0.1) is 0 Å². The minimum absolute atomic E-state index is 0.231. The van der Waals surface area contributed by atoms with Crippen LogP contribution in [0.15, 0.2) is 24.3 Å². The van der Waals surface area contributed by atoms with Gasteiger partial charge in [0.15, 0.2) is 0 Å². The molecule has 0 radical (unpaired) electrons. The van der Waals surface area contributed by atoms with Crippen LogP contribution in [0.5, 0.6) is 0 Å². The van der Waals surface area contributed by atoms with E-state index >= 15 is 0 Å². The first-order valence-electron chi connectivity index (χ1n) is 7.52. The van der Waals surface area contributed by atoms with E-state index in [2.05, 4.69) is 34.5 Å². The Bertz CT molecular complexity index is 448. The molecule has 0 atom stereocenters. The van der Waals surface area contributed by atoms with Gasteiger partial charge in [-0.25, -0.2) is 0 Å². The Hall–Kier alpha value is -1.55. The Labute approximate surface area is 120 Å². The Morgan fingerprint density at radius 1 is 1.20 bits per heavy atom. The standard InChI is InChI=1S/C16H22N2O2/c19-16(14-3-4-14)17-8-7-13-1-5-15(6-2-13)18-9-11-20-12-10-18/h1-2,5-6,14H,3-4,7-12H2,(H,17,19). The normalized spacial score (nSPS) is 18.9. The first kappa shape index (κ1) is 13.4. The number of rotatable bonds is 5. The number of benzene rings is 1. The second-order valence-electron chi connectivity index (χ2n) is 5.58. The smallest absolute Gasteiger partial charge is 0.223 e. The van der Waals surface area contributed by atoms with Crippen LogP contribution in [-0.2, 0) is 16.0 Å². The number of amides is 1. The number of nitrogens with one attached hydrogen (secondary N) is 1. The second kappa shape index (κ2) is 6.27. The van der Waals surface area contributed by atoms with Crippen molar-refractivity contribution in [2.75, 3.05) is 37.7 Å². The van der Waals surface area contributed by atoms with Gasteiger partial charge < -0.3 is 15.0 Å². The lowest BCUT2D eigenvalue weighted by Gasteiger charge is -2.28. The van der Waals surface area contributed by atoms with Crippen LogP contribution in [0.3, 0.4) is 0 Å². The van der Waals surface area contributed by atoms with Crippen molar-refractivity contribution in [3.63, 3.8) is 0 Å². The van der Waals surface area contributed by atoms with Gasteiger partial charge in [0.1, 0.15) is 0 Å². The first-order chi connectivity index (χ1) is 9.83. The van der Waals surface area contributed by atoms with Crippen LogP contribution in [0.25, 0.3) is 0 Å². The second-order valence-corrected chi connectivity index (χ2v) is 5.58. The first-order valence-corrected chi connectivity index (χ1v) is 7.52. The van der Waals surface area contributed by atoms with Gasteiger partial charge in [-0.05, 0) is 37.0 Å². The molecule has 2 aliphatic rings. The third kappa shape index (κ3) is 3.51. The fourth-order valence-electron chi connectivity index (χ4n) is 2.51. The molecule has 1 aliphatic carbocycles. The molecule has 1 amide bonds. The zero-order valence-corrected chi connectivity index (χ0v) is 11.8. The van der Waals surface area contributed by atoms with Crippen molar-refractivity contribution >= 4 is 11.6 Å². The lowest BCUT2D eigenvalue weighted by atomic mass is 10.1. The number of morpholine rings is 1. The van der Waals surface area contributed by atoms with Crippen LogP contribution >= 0.6 is 0 Å². The molecule has 1 saturated heterocycles. The summed E-state index contributed by atoms with van der Waals surface area (Å²) in [6.45, 7) is 4.31. The summed E-state index contributed by atoms with van der Waals surface area (Å²) in [7, 11) is 0. The average Bonchev–Trinajstić information content (AvgIpc) is 3.33. The molecule has 4 nitrogen and oxygen atoms in total. The molecule has 0 spiro atoms. The maximum Gasteiger partial charge on any atom is 0.223 e. The zero-order chi connectivity index (χ0) is 13.8. The topological polar surface area (TPSA) is 41.6 Å². The van der Waals surface area contributed by atoms with E-state index in [0.717, 1.165) is 52.1 Å². The molecule has 1 aromatic carbocycles. The molecule has 1 heterocycles. The molecule has 1 aromatic rings. The SMILES string of the molecule is O=C(NCCc1ccc(N2CCOCC2)cc1)C1CC1. The predicted octanol–water partition coefficient (Wildman–Crippen LogP) is 1.59. The Morgan fingerprint density at radius 3 is 2.55 bits per heavy atom. The summed E-state index contributed by atoms with van der Waals surface area (Å²) in [5, 5.41) is 3.01. The van der Waals surface area contributed by atoms with Crippen LogP contribution in [0.4, 0.5) is 5.69 Å². The molecule has 0 aromatic heterocycles. The number of carbonyl (C=O) groups excluding carboxylic acids is 1. The molecule has 0 bridgehead atoms. The quantitative estimate of drug-likeness (QED) is 0.886. The van der Waals surface area contributed by atoms with Crippen LogP contribution < -0.4 is 10.2 Å². The molecule has 0 unspecified atom stereocenters. The van der Waals surface area contributed by atoms with E-state index in [4.69, 9.17) is 4.74 Å². The molecule has 1 aliphatic heterocycles. The minimum atomic E-state index is 0.231. The number of nitrogens with zero attached hydrogens (tertiary/aromatic N) is 1. The van der Waals surface area contributed by atoms with Crippen LogP contribution in [0.1, 0.15) is 18.4 Å². The zero-order valence-electron chi connectivity index (χ0n) is 11.8. The van der Waals surface area contributed by atoms with E-state index < -0.39 is 0 Å². The maximum absolute atomic E-state index is 11.5. The third-order valence-electron chi connectivity index (χ3n) is 3.97. The van der Waals surface area contributed by atoms with Gasteiger partial charge in [-0.2, -0.15) is 0 Å². The van der Waals surface area contributed by atoms with Gasteiger partial charge >= 0.3 is 0 Å². The van der Waals surface area contributed by atoms with Gasteiger partial charge in [-0.3, -0.25) is 4.79 Å². The predicted molar refractivity (Wildman–Crippen MR) is 78.9 cm³/mol. The lowest BCUT2D eigenvalue weighted by Crippen LogP contribution is -2.36. The van der Waals surface area contributed by atoms with E-state index in [-0.39, 0.29) is 5.91 Å². The van der Waals surface area contributed by atoms with Gasteiger partial charge in [0.2, 0.25) is 5.91 Å². The van der Waals surface area contributed by atoms with Crippen molar-refractivity contribution in [1.29, 1.82) is 0 Å². The van der Waals surface area contributed by atoms with Crippen molar-refractivity contribution in [2.45, 2.75) is 19.3 Å². The molecule has 20 heavy (non-hydrogen) atoms. The highest BCUT2D eigenvalue weighted by Crippen LogP contribution is 2.28. The third-order valence-corrected chi connectivity index (χ3v) is 3.97. The summed E-state index contributed by atoms with van der Waals surface area (Å²) in [4.78, 5) is 13.9. The Balaban J connectivity index is 1.46. The summed E-state index contributed by atoms with van der Waals surface area (Å²) < 4.78 is 5.36. The van der Waals surface area contributed by atoms with Crippen molar-refractivity contribution in [2.24, 2.45) is 5.92 Å². The highest BCUT2D eigenvalue weighted by atomic mass is 16.5. The Morgan fingerprint density at radius 2 is 1.90 bits per heavy atom. The summed E-state index contributed by atoms with van der Waals surface area (Å²) in [6, 6.07) is 8.66. The lowest BCUT2D eigenvalue weighted by molar-refractivity contribution is -0.122. The molecule has 2 fully saturated rings. The molecule has 1 saturated carbocycles. The summed E-state index contributed by atoms with van der Waals surface area (Å²) >= 11 is 0. The van der Waals surface area contributed by atoms with E-state index in [1.807, 2.05) is 0 Å². The summed E-state index contributed by atoms with van der Waals surface area (Å²) in [5.74, 6) is 0.536. The van der Waals surface area contributed by atoms with Crippen molar-refractivity contribution in [3.8, 4) is 0 Å². The monoisotopic (exact) mass is 274 g/mol. The van der Waals surface area contributed by atoms with Crippen LogP contribution in [0.2, 0.25) is 0 Å². The summed E-state index contributed by atoms with van der Waals surface area (Å²) in [6.07, 6.45) is 3.04. The number of hydrogen-bond donors (Lipinski definition) is 1. The van der Waals surface area contributed by atoms with Crippen LogP contribution in [0, 0.1) is 5.92 Å². The minimum Gasteiger partial charge on any atom is -0.378 e. The van der Waals surface area contributed by atoms with E-state index in [1.54, 1.807) is 0 Å². The van der Waals surface area contributed by atoms with Crippen molar-refractivity contribution in [1.82, 2.24) is 5.32 Å². The van der Waals surface area contributed by atoms with Gasteiger partial charge in [-0.1, -0.05) is 12.1 Å². The fourth-order valence-corrected chi connectivity index (χ4v) is 2.51. The molecular weight excluding hydrogens is 252 g/mol. The number of carbonyl (C=O) groups is 1. The molecule has 3 rings (SSSR count). The van der Waals surface area contributed by atoms with Crippen molar-refractivity contribution < 1.29 is 9.53 Å². The van der Waals surface area contributed by atoms with E-state index in [9.17, 15) is 4.79 Å². The molecule has 4 heteroatoms. The van der Waals surface area contributed by atoms with Gasteiger partial charge in [0.25, 0.3) is 0 Å². The number of anilines is 1.